The zero-order chi connectivity index (χ0) is 25.5. The van der Waals surface area contributed by atoms with E-state index in [1.165, 1.54) is 13.3 Å². The molecule has 3 aromatic rings. The zero-order valence-electron chi connectivity index (χ0n) is 20.0. The molecule has 1 fully saturated rings. The van der Waals surface area contributed by atoms with E-state index in [4.69, 9.17) is 16.3 Å². The van der Waals surface area contributed by atoms with Crippen LogP contribution in [0.3, 0.4) is 0 Å². The minimum atomic E-state index is -0.282. The van der Waals surface area contributed by atoms with Crippen LogP contribution in [-0.4, -0.2) is 58.4 Å². The number of carbonyl (C=O) groups excluding carboxylic acids is 2. The van der Waals surface area contributed by atoms with E-state index in [1.807, 2.05) is 11.0 Å². The second-order valence-electron chi connectivity index (χ2n) is 8.19. The number of hydrogen-bond acceptors (Lipinski definition) is 7. The van der Waals surface area contributed by atoms with Crippen LogP contribution >= 0.6 is 11.6 Å². The van der Waals surface area contributed by atoms with Gasteiger partial charge in [0.25, 0.3) is 5.91 Å². The number of ether oxygens (including phenoxy) is 1. The first-order valence-corrected chi connectivity index (χ1v) is 12.0. The number of rotatable bonds is 10. The molecule has 1 aromatic carbocycles. The predicted molar refractivity (Wildman–Crippen MR) is 139 cm³/mol. The van der Waals surface area contributed by atoms with Crippen molar-refractivity contribution >= 4 is 41.0 Å². The van der Waals surface area contributed by atoms with E-state index in [2.05, 4.69) is 32.2 Å². The van der Waals surface area contributed by atoms with Crippen LogP contribution in [0.15, 0.2) is 49.4 Å². The van der Waals surface area contributed by atoms with Crippen molar-refractivity contribution < 1.29 is 14.3 Å². The molecule has 0 spiro atoms. The topological polar surface area (TPSA) is 109 Å². The van der Waals surface area contributed by atoms with Crippen LogP contribution < -0.4 is 15.4 Å². The van der Waals surface area contributed by atoms with Crippen LogP contribution in [0.25, 0.3) is 17.5 Å². The summed E-state index contributed by atoms with van der Waals surface area (Å²) in [5.74, 6) is 1.10. The third-order valence-corrected chi connectivity index (χ3v) is 6.07. The fraction of sp³-hybridized carbons (Fsp3) is 0.269. The summed E-state index contributed by atoms with van der Waals surface area (Å²) in [6.45, 7) is 5.71. The summed E-state index contributed by atoms with van der Waals surface area (Å²) in [7, 11) is 1.52. The summed E-state index contributed by atoms with van der Waals surface area (Å²) in [6, 6.07) is 7.07. The molecule has 10 heteroatoms. The molecule has 0 saturated carbocycles. The molecule has 2 amide bonds. The molecular formula is C26H27ClN6O3. The van der Waals surface area contributed by atoms with Gasteiger partial charge in [0.05, 0.1) is 24.6 Å². The van der Waals surface area contributed by atoms with E-state index >= 15 is 0 Å². The average Bonchev–Trinajstić information content (AvgIpc) is 3.31. The number of methoxy groups -OCH3 is 1. The van der Waals surface area contributed by atoms with Gasteiger partial charge in [-0.2, -0.15) is 0 Å². The van der Waals surface area contributed by atoms with Gasteiger partial charge in [0, 0.05) is 49.0 Å². The first kappa shape index (κ1) is 25.1. The summed E-state index contributed by atoms with van der Waals surface area (Å²) in [4.78, 5) is 39.7. The van der Waals surface area contributed by atoms with E-state index in [0.717, 1.165) is 18.5 Å². The Bertz CT molecular complexity index is 1280. The minimum absolute atomic E-state index is 0.177. The number of aromatic nitrogens is 3. The van der Waals surface area contributed by atoms with Crippen LogP contribution in [-0.2, 0) is 4.79 Å². The van der Waals surface area contributed by atoms with Crippen molar-refractivity contribution in [2.75, 3.05) is 32.1 Å². The molecule has 36 heavy (non-hydrogen) atoms. The quantitative estimate of drug-likeness (QED) is 0.394. The molecule has 9 nitrogen and oxygen atoms in total. The van der Waals surface area contributed by atoms with Crippen molar-refractivity contribution in [1.82, 2.24) is 25.2 Å². The molecule has 1 aliphatic heterocycles. The average molecular weight is 507 g/mol. The highest BCUT2D eigenvalue weighted by atomic mass is 35.5. The van der Waals surface area contributed by atoms with Crippen molar-refractivity contribution in [3.05, 3.63) is 65.6 Å². The highest BCUT2D eigenvalue weighted by molar-refractivity contribution is 6.31. The van der Waals surface area contributed by atoms with Gasteiger partial charge in [-0.25, -0.2) is 9.97 Å². The lowest BCUT2D eigenvalue weighted by Crippen LogP contribution is -2.31. The lowest BCUT2D eigenvalue weighted by molar-refractivity contribution is -0.127. The molecule has 0 radical (unpaired) electrons. The molecule has 2 aromatic heterocycles. The summed E-state index contributed by atoms with van der Waals surface area (Å²) >= 11 is 6.20. The Kier molecular flexibility index (Phi) is 8.12. The van der Waals surface area contributed by atoms with Gasteiger partial charge in [-0.1, -0.05) is 30.3 Å². The second-order valence-corrected chi connectivity index (χ2v) is 8.62. The largest absolute Gasteiger partial charge is 0.491 e. The molecule has 4 rings (SSSR count). The van der Waals surface area contributed by atoms with Crippen molar-refractivity contribution in [1.29, 1.82) is 0 Å². The third-order valence-electron chi connectivity index (χ3n) is 5.83. The summed E-state index contributed by atoms with van der Waals surface area (Å²) in [6.07, 6.45) is 8.52. The van der Waals surface area contributed by atoms with Crippen LogP contribution in [0.2, 0.25) is 5.02 Å². The van der Waals surface area contributed by atoms with E-state index in [-0.39, 0.29) is 11.8 Å². The number of pyridine rings is 1. The highest BCUT2D eigenvalue weighted by Crippen LogP contribution is 2.31. The van der Waals surface area contributed by atoms with E-state index in [0.29, 0.717) is 65.2 Å². The zero-order valence-corrected chi connectivity index (χ0v) is 20.7. The number of hydrogen-bond donors (Lipinski definition) is 2. The molecule has 1 saturated heterocycles. The van der Waals surface area contributed by atoms with Gasteiger partial charge in [-0.05, 0) is 36.6 Å². The second kappa shape index (κ2) is 11.6. The van der Waals surface area contributed by atoms with Crippen molar-refractivity contribution in [3.63, 3.8) is 0 Å². The van der Waals surface area contributed by atoms with Gasteiger partial charge in [-0.15, -0.1) is 0 Å². The van der Waals surface area contributed by atoms with E-state index < -0.39 is 0 Å². The molecule has 186 valence electrons. The number of benzene rings is 1. The van der Waals surface area contributed by atoms with Crippen molar-refractivity contribution in [2.24, 2.45) is 0 Å². The number of likely N-dealkylation sites (tertiary alicyclic amines) is 1. The first-order chi connectivity index (χ1) is 17.5. The van der Waals surface area contributed by atoms with Crippen LogP contribution in [0, 0.1) is 0 Å². The fourth-order valence-electron chi connectivity index (χ4n) is 3.96. The maximum absolute atomic E-state index is 12.9. The Morgan fingerprint density at radius 1 is 1.31 bits per heavy atom. The number of nitrogens with one attached hydrogen (secondary N) is 2. The number of halogens is 1. The molecule has 0 bridgehead atoms. The third kappa shape index (κ3) is 5.80. The van der Waals surface area contributed by atoms with Gasteiger partial charge < -0.3 is 20.3 Å². The van der Waals surface area contributed by atoms with Gasteiger partial charge in [0.1, 0.15) is 0 Å². The Hall–Kier alpha value is -3.98. The molecule has 1 aliphatic rings. The van der Waals surface area contributed by atoms with Crippen molar-refractivity contribution in [2.45, 2.75) is 19.3 Å². The van der Waals surface area contributed by atoms with Crippen molar-refractivity contribution in [3.8, 4) is 17.1 Å². The van der Waals surface area contributed by atoms with Crippen LogP contribution in [0.4, 0.5) is 11.5 Å². The number of nitrogens with zero attached hydrogens (tertiary/aromatic N) is 4. The Labute approximate surface area is 214 Å². The summed E-state index contributed by atoms with van der Waals surface area (Å²) < 4.78 is 5.44. The maximum atomic E-state index is 12.9. The Morgan fingerprint density at radius 3 is 2.92 bits per heavy atom. The maximum Gasteiger partial charge on any atom is 0.254 e. The van der Waals surface area contributed by atoms with E-state index in [9.17, 15) is 9.59 Å². The molecule has 0 atom stereocenters. The van der Waals surface area contributed by atoms with Crippen LogP contribution in [0.1, 0.15) is 35.2 Å². The lowest BCUT2D eigenvalue weighted by atomic mass is 10.1. The highest BCUT2D eigenvalue weighted by Gasteiger charge is 2.20. The number of amides is 2. The SMILES string of the molecule is C=Cc1ccc(Cl)cc1-c1ncc(OC)c(Nc2ccncc2C(=O)NCCCN2CCCC2=O)n1. The molecular weight excluding hydrogens is 480 g/mol. The van der Waals surface area contributed by atoms with Crippen LogP contribution in [0.5, 0.6) is 5.75 Å². The predicted octanol–water partition coefficient (Wildman–Crippen LogP) is 4.33. The fourth-order valence-corrected chi connectivity index (χ4v) is 4.13. The molecule has 3 heterocycles. The number of anilines is 2. The normalized spacial score (nSPS) is 12.9. The van der Waals surface area contributed by atoms with Gasteiger partial charge in [0.2, 0.25) is 5.91 Å². The number of carbonyl (C=O) groups is 2. The summed E-state index contributed by atoms with van der Waals surface area (Å²) in [5, 5.41) is 6.64. The van der Waals surface area contributed by atoms with Gasteiger partial charge >= 0.3 is 0 Å². The monoisotopic (exact) mass is 506 g/mol. The van der Waals surface area contributed by atoms with E-state index in [1.54, 1.807) is 36.7 Å². The standard InChI is InChI=1S/C26H27ClN6O3/c1-3-17-7-8-18(27)14-19(17)24-30-16-22(36-2)25(32-24)31-21-9-11-28-15-20(21)26(35)29-10-5-13-33-12-4-6-23(33)34/h3,7-9,11,14-16H,1,4-6,10,12-13H2,2H3,(H,29,35)(H,28,30,31,32). The smallest absolute Gasteiger partial charge is 0.254 e. The lowest BCUT2D eigenvalue weighted by Gasteiger charge is -2.16. The van der Waals surface area contributed by atoms with Gasteiger partial charge in [0.15, 0.2) is 17.4 Å². The Morgan fingerprint density at radius 2 is 2.17 bits per heavy atom. The molecule has 2 N–H and O–H groups in total. The van der Waals surface area contributed by atoms with Gasteiger partial charge in [-0.3, -0.25) is 14.6 Å². The molecule has 0 unspecified atom stereocenters. The Balaban J connectivity index is 1.52. The summed E-state index contributed by atoms with van der Waals surface area (Å²) in [5.41, 5.74) is 2.41. The first-order valence-electron chi connectivity index (χ1n) is 11.6. The molecule has 0 aliphatic carbocycles. The minimum Gasteiger partial charge on any atom is -0.491 e.